The van der Waals surface area contributed by atoms with Gasteiger partial charge in [0, 0.05) is 51.8 Å². The third-order valence-corrected chi connectivity index (χ3v) is 3.75. The lowest BCUT2D eigenvalue weighted by atomic mass is 9.93. The smallest absolute Gasteiger partial charge is 0.292 e. The summed E-state index contributed by atoms with van der Waals surface area (Å²) in [6.07, 6.45) is 1.05. The Labute approximate surface area is 123 Å². The van der Waals surface area contributed by atoms with Crippen LogP contribution in [0.2, 0.25) is 0 Å². The van der Waals surface area contributed by atoms with Gasteiger partial charge >= 0.3 is 0 Å². The quantitative estimate of drug-likeness (QED) is 0.656. The molecule has 0 atom stereocenters. The lowest BCUT2D eigenvalue weighted by Crippen LogP contribution is -2.45. The molecule has 1 saturated heterocycles. The zero-order valence-corrected chi connectivity index (χ0v) is 12.2. The van der Waals surface area contributed by atoms with E-state index in [9.17, 15) is 15.2 Å². The van der Waals surface area contributed by atoms with Crippen molar-refractivity contribution in [3.63, 3.8) is 0 Å². The van der Waals surface area contributed by atoms with Crippen LogP contribution in [0.25, 0.3) is 0 Å². The molecule has 0 radical (unpaired) electrons. The fourth-order valence-electron chi connectivity index (χ4n) is 2.53. The molecule has 1 aromatic carbocycles. The van der Waals surface area contributed by atoms with Crippen molar-refractivity contribution in [3.05, 3.63) is 28.3 Å². The Hall–Kier alpha value is -1.86. The van der Waals surface area contributed by atoms with Crippen molar-refractivity contribution in [2.24, 2.45) is 0 Å². The van der Waals surface area contributed by atoms with Gasteiger partial charge in [0.05, 0.1) is 17.6 Å². The van der Waals surface area contributed by atoms with E-state index in [2.05, 4.69) is 0 Å². The molecule has 0 amide bonds. The van der Waals surface area contributed by atoms with Crippen LogP contribution in [0.3, 0.4) is 0 Å². The number of rotatable bonds is 5. The molecule has 21 heavy (non-hydrogen) atoms. The number of ether oxygens (including phenoxy) is 2. The molecule has 0 aliphatic carbocycles. The van der Waals surface area contributed by atoms with Crippen molar-refractivity contribution in [2.75, 3.05) is 38.8 Å². The highest BCUT2D eigenvalue weighted by Crippen LogP contribution is 2.33. The van der Waals surface area contributed by atoms with E-state index in [-0.39, 0.29) is 5.69 Å². The zero-order valence-electron chi connectivity index (χ0n) is 12.2. The SMILES string of the molecule is COc1ccc([N+](=O)[O-])c(N(C)CC2(O)CCOCC2)c1. The number of likely N-dealkylation sites (N-methyl/N-ethyl adjacent to an activating group) is 1. The molecule has 7 heteroatoms. The largest absolute Gasteiger partial charge is 0.497 e. The third-order valence-electron chi connectivity index (χ3n) is 3.75. The van der Waals surface area contributed by atoms with Crippen molar-refractivity contribution in [2.45, 2.75) is 18.4 Å². The number of anilines is 1. The number of hydrogen-bond donors (Lipinski definition) is 1. The van der Waals surface area contributed by atoms with E-state index < -0.39 is 10.5 Å². The molecule has 0 saturated carbocycles. The average molecular weight is 296 g/mol. The maximum Gasteiger partial charge on any atom is 0.292 e. The van der Waals surface area contributed by atoms with Gasteiger partial charge in [-0.2, -0.15) is 0 Å². The Bertz CT molecular complexity index is 514. The van der Waals surface area contributed by atoms with Crippen LogP contribution in [-0.4, -0.2) is 49.5 Å². The van der Waals surface area contributed by atoms with E-state index in [1.807, 2.05) is 0 Å². The minimum absolute atomic E-state index is 0.00559. The second-order valence-electron chi connectivity index (χ2n) is 5.30. The van der Waals surface area contributed by atoms with Crippen molar-refractivity contribution in [3.8, 4) is 5.75 Å². The van der Waals surface area contributed by atoms with Crippen molar-refractivity contribution in [1.82, 2.24) is 0 Å². The molecule has 1 fully saturated rings. The predicted molar refractivity (Wildman–Crippen MR) is 77.9 cm³/mol. The first-order valence-corrected chi connectivity index (χ1v) is 6.79. The molecule has 2 rings (SSSR count). The molecule has 7 nitrogen and oxygen atoms in total. The van der Waals surface area contributed by atoms with Crippen LogP contribution in [0.4, 0.5) is 11.4 Å². The van der Waals surface area contributed by atoms with E-state index in [1.165, 1.54) is 13.2 Å². The van der Waals surface area contributed by atoms with E-state index in [1.54, 1.807) is 24.1 Å². The van der Waals surface area contributed by atoms with Crippen LogP contribution >= 0.6 is 0 Å². The molecular formula is C14H20N2O5. The first kappa shape index (κ1) is 15.5. The Morgan fingerprint density at radius 3 is 2.71 bits per heavy atom. The summed E-state index contributed by atoms with van der Waals surface area (Å²) in [6, 6.07) is 4.58. The molecule has 1 aromatic rings. The molecule has 1 aliphatic rings. The van der Waals surface area contributed by atoms with Gasteiger partial charge in [0.25, 0.3) is 5.69 Å². The van der Waals surface area contributed by atoms with Gasteiger partial charge in [-0.3, -0.25) is 10.1 Å². The van der Waals surface area contributed by atoms with Crippen molar-refractivity contribution < 1.29 is 19.5 Å². The van der Waals surface area contributed by atoms with Crippen LogP contribution in [0.1, 0.15) is 12.8 Å². The van der Waals surface area contributed by atoms with Crippen LogP contribution in [-0.2, 0) is 4.74 Å². The van der Waals surface area contributed by atoms with Gasteiger partial charge in [0.15, 0.2) is 0 Å². The summed E-state index contributed by atoms with van der Waals surface area (Å²) in [7, 11) is 3.24. The zero-order chi connectivity index (χ0) is 15.5. The molecule has 1 aliphatic heterocycles. The van der Waals surface area contributed by atoms with Crippen LogP contribution < -0.4 is 9.64 Å². The standard InChI is InChI=1S/C14H20N2O5/c1-15(10-14(17)5-7-21-8-6-14)13-9-11(20-2)3-4-12(13)16(18)19/h3-4,9,17H,5-8,10H2,1-2H3. The molecule has 0 aromatic heterocycles. The summed E-state index contributed by atoms with van der Waals surface area (Å²) >= 11 is 0. The number of methoxy groups -OCH3 is 1. The normalized spacial score (nSPS) is 17.3. The van der Waals surface area contributed by atoms with Gasteiger partial charge in [-0.15, -0.1) is 0 Å². The Morgan fingerprint density at radius 2 is 2.14 bits per heavy atom. The van der Waals surface area contributed by atoms with E-state index in [0.717, 1.165) is 0 Å². The highest BCUT2D eigenvalue weighted by molar-refractivity contribution is 5.65. The highest BCUT2D eigenvalue weighted by atomic mass is 16.6. The van der Waals surface area contributed by atoms with Crippen molar-refractivity contribution in [1.29, 1.82) is 0 Å². The van der Waals surface area contributed by atoms with Crippen LogP contribution in [0.15, 0.2) is 18.2 Å². The molecule has 116 valence electrons. The number of hydrogen-bond acceptors (Lipinski definition) is 6. The summed E-state index contributed by atoms with van der Waals surface area (Å²) in [5, 5.41) is 21.7. The monoisotopic (exact) mass is 296 g/mol. The lowest BCUT2D eigenvalue weighted by molar-refractivity contribution is -0.384. The van der Waals surface area contributed by atoms with Gasteiger partial charge in [-0.25, -0.2) is 0 Å². The summed E-state index contributed by atoms with van der Waals surface area (Å²) in [5.41, 5.74) is -0.461. The first-order chi connectivity index (χ1) is 9.95. The second-order valence-corrected chi connectivity index (χ2v) is 5.30. The lowest BCUT2D eigenvalue weighted by Gasteiger charge is -2.36. The van der Waals surface area contributed by atoms with Gasteiger partial charge < -0.3 is 19.5 Å². The van der Waals surface area contributed by atoms with Crippen LogP contribution in [0, 0.1) is 10.1 Å². The molecule has 1 N–H and O–H groups in total. The highest BCUT2D eigenvalue weighted by Gasteiger charge is 2.32. The molecule has 0 bridgehead atoms. The predicted octanol–water partition coefficient (Wildman–Crippen LogP) is 1.58. The summed E-state index contributed by atoms with van der Waals surface area (Å²) in [4.78, 5) is 12.4. The Morgan fingerprint density at radius 1 is 1.48 bits per heavy atom. The van der Waals surface area contributed by atoms with Gasteiger partial charge in [-0.1, -0.05) is 0 Å². The summed E-state index contributed by atoms with van der Waals surface area (Å²) in [6.45, 7) is 1.32. The second kappa shape index (κ2) is 6.28. The minimum Gasteiger partial charge on any atom is -0.497 e. The number of benzene rings is 1. The number of nitrogens with zero attached hydrogens (tertiary/aromatic N) is 2. The van der Waals surface area contributed by atoms with Gasteiger partial charge in [0.1, 0.15) is 11.4 Å². The topological polar surface area (TPSA) is 85.1 Å². The minimum atomic E-state index is -0.885. The van der Waals surface area contributed by atoms with E-state index >= 15 is 0 Å². The summed E-state index contributed by atoms with van der Waals surface area (Å²) < 4.78 is 10.4. The maximum absolute atomic E-state index is 11.2. The molecule has 0 spiro atoms. The third kappa shape index (κ3) is 3.62. The average Bonchev–Trinajstić information content (AvgIpc) is 2.46. The fraction of sp³-hybridized carbons (Fsp3) is 0.571. The Kier molecular flexibility index (Phi) is 4.64. The molecular weight excluding hydrogens is 276 g/mol. The van der Waals surface area contributed by atoms with Gasteiger partial charge in [-0.05, 0) is 6.07 Å². The van der Waals surface area contributed by atoms with Crippen LogP contribution in [0.5, 0.6) is 5.75 Å². The first-order valence-electron chi connectivity index (χ1n) is 6.79. The van der Waals surface area contributed by atoms with E-state index in [0.29, 0.717) is 44.0 Å². The molecule has 0 unspecified atom stereocenters. The van der Waals surface area contributed by atoms with E-state index in [4.69, 9.17) is 9.47 Å². The number of aliphatic hydroxyl groups is 1. The number of nitro groups is 1. The summed E-state index contributed by atoms with van der Waals surface area (Å²) in [5.74, 6) is 0.543. The molecule has 1 heterocycles. The number of nitro benzene ring substituents is 1. The Balaban J connectivity index is 2.24. The van der Waals surface area contributed by atoms with Gasteiger partial charge in [0.2, 0.25) is 0 Å². The maximum atomic E-state index is 11.2. The fourth-order valence-corrected chi connectivity index (χ4v) is 2.53. The van der Waals surface area contributed by atoms with Crippen molar-refractivity contribution >= 4 is 11.4 Å².